The van der Waals surface area contributed by atoms with E-state index in [9.17, 15) is 14.4 Å². The highest BCUT2D eigenvalue weighted by atomic mass is 16.3. The molecule has 2 aromatic carbocycles. The molecule has 7 nitrogen and oxygen atoms in total. The summed E-state index contributed by atoms with van der Waals surface area (Å²) in [4.78, 5) is 39.4. The van der Waals surface area contributed by atoms with Crippen molar-refractivity contribution in [1.29, 1.82) is 0 Å². The van der Waals surface area contributed by atoms with E-state index in [0.29, 0.717) is 5.76 Å². The van der Waals surface area contributed by atoms with Gasteiger partial charge >= 0.3 is 6.03 Å². The highest BCUT2D eigenvalue weighted by molar-refractivity contribution is 6.09. The van der Waals surface area contributed by atoms with Gasteiger partial charge in [-0.15, -0.1) is 0 Å². The van der Waals surface area contributed by atoms with E-state index in [-0.39, 0.29) is 6.54 Å². The molecule has 2 aliphatic rings. The van der Waals surface area contributed by atoms with Gasteiger partial charge in [-0.25, -0.2) is 4.79 Å². The zero-order valence-electron chi connectivity index (χ0n) is 18.1. The monoisotopic (exact) mass is 431 g/mol. The lowest BCUT2D eigenvalue weighted by molar-refractivity contribution is -0.135. The van der Waals surface area contributed by atoms with Gasteiger partial charge in [-0.05, 0) is 61.9 Å². The van der Waals surface area contributed by atoms with Crippen LogP contribution < -0.4 is 10.6 Å². The van der Waals surface area contributed by atoms with Crippen LogP contribution >= 0.6 is 0 Å². The minimum absolute atomic E-state index is 0.351. The van der Waals surface area contributed by atoms with Crippen molar-refractivity contribution in [3.05, 3.63) is 71.0 Å². The van der Waals surface area contributed by atoms with Crippen molar-refractivity contribution >= 4 is 28.8 Å². The van der Waals surface area contributed by atoms with Gasteiger partial charge in [-0.3, -0.25) is 14.5 Å². The SMILES string of the molecule is C[C@@H](NC(=O)CN1C(=O)N[C@](C)(c2ccc3c(c2)CCC3)C1=O)c1cc2ccccc2o1. The molecule has 3 aromatic rings. The number of nitrogens with one attached hydrogen (secondary N) is 2. The molecule has 7 heteroatoms. The van der Waals surface area contributed by atoms with E-state index >= 15 is 0 Å². The number of hydrogen-bond acceptors (Lipinski definition) is 4. The van der Waals surface area contributed by atoms with Crippen LogP contribution in [-0.2, 0) is 28.0 Å². The molecule has 0 bridgehead atoms. The second-order valence-corrected chi connectivity index (χ2v) is 8.76. The van der Waals surface area contributed by atoms with Gasteiger partial charge in [0.15, 0.2) is 0 Å². The number of carbonyl (C=O) groups is 3. The second-order valence-electron chi connectivity index (χ2n) is 8.76. The lowest BCUT2D eigenvalue weighted by Gasteiger charge is -2.23. The van der Waals surface area contributed by atoms with Crippen molar-refractivity contribution < 1.29 is 18.8 Å². The van der Waals surface area contributed by atoms with Crippen LogP contribution in [0.5, 0.6) is 0 Å². The van der Waals surface area contributed by atoms with Crippen molar-refractivity contribution in [1.82, 2.24) is 15.5 Å². The van der Waals surface area contributed by atoms with Crippen LogP contribution in [0.1, 0.15) is 48.8 Å². The Balaban J connectivity index is 1.29. The molecule has 5 rings (SSSR count). The minimum Gasteiger partial charge on any atom is -0.459 e. The number of furan rings is 1. The van der Waals surface area contributed by atoms with E-state index in [2.05, 4.69) is 10.6 Å². The molecule has 0 spiro atoms. The normalized spacial score (nSPS) is 21.0. The van der Waals surface area contributed by atoms with Crippen LogP contribution in [-0.4, -0.2) is 29.3 Å². The fourth-order valence-electron chi connectivity index (χ4n) is 4.64. The summed E-state index contributed by atoms with van der Waals surface area (Å²) >= 11 is 0. The molecule has 1 aromatic heterocycles. The Bertz CT molecular complexity index is 1210. The summed E-state index contributed by atoms with van der Waals surface area (Å²) in [6.45, 7) is 3.14. The molecule has 1 saturated heterocycles. The number of nitrogens with zero attached hydrogens (tertiary/aromatic N) is 1. The number of amides is 4. The molecule has 164 valence electrons. The van der Waals surface area contributed by atoms with Gasteiger partial charge in [-0.1, -0.05) is 36.4 Å². The lowest BCUT2D eigenvalue weighted by Crippen LogP contribution is -2.43. The van der Waals surface area contributed by atoms with E-state index in [1.807, 2.05) is 48.5 Å². The van der Waals surface area contributed by atoms with E-state index in [0.717, 1.165) is 40.7 Å². The fourth-order valence-corrected chi connectivity index (χ4v) is 4.64. The first kappa shape index (κ1) is 20.3. The van der Waals surface area contributed by atoms with Crippen molar-refractivity contribution in [3.8, 4) is 0 Å². The Kier molecular flexibility index (Phi) is 4.77. The predicted molar refractivity (Wildman–Crippen MR) is 119 cm³/mol. The Hall–Kier alpha value is -3.61. The lowest BCUT2D eigenvalue weighted by atomic mass is 9.89. The van der Waals surface area contributed by atoms with Gasteiger partial charge < -0.3 is 15.1 Å². The summed E-state index contributed by atoms with van der Waals surface area (Å²) in [5.41, 5.74) is 2.82. The van der Waals surface area contributed by atoms with Crippen molar-refractivity contribution in [2.45, 2.75) is 44.7 Å². The standard InChI is InChI=1S/C25H25N3O4/c1-15(21-13-18-6-3-4-9-20(18)32-21)26-22(29)14-28-23(30)25(2,27-24(28)31)19-11-10-16-7-5-8-17(16)12-19/h3-4,6,9-13,15H,5,7-8,14H2,1-2H3,(H,26,29)(H,27,31)/t15-,25-/m1/s1. The zero-order valence-corrected chi connectivity index (χ0v) is 18.1. The van der Waals surface area contributed by atoms with Crippen LogP contribution in [0.25, 0.3) is 11.0 Å². The smallest absolute Gasteiger partial charge is 0.325 e. The van der Waals surface area contributed by atoms with Crippen LogP contribution in [0.2, 0.25) is 0 Å². The molecule has 4 amide bonds. The van der Waals surface area contributed by atoms with Crippen LogP contribution in [0.4, 0.5) is 4.79 Å². The molecule has 1 fully saturated rings. The Morgan fingerprint density at radius 3 is 2.75 bits per heavy atom. The summed E-state index contributed by atoms with van der Waals surface area (Å²) in [7, 11) is 0. The third-order valence-corrected chi connectivity index (χ3v) is 6.50. The number of imide groups is 1. The summed E-state index contributed by atoms with van der Waals surface area (Å²) in [5.74, 6) is -0.244. The van der Waals surface area contributed by atoms with Gasteiger partial charge in [0.25, 0.3) is 5.91 Å². The van der Waals surface area contributed by atoms with Crippen molar-refractivity contribution in [2.75, 3.05) is 6.54 Å². The summed E-state index contributed by atoms with van der Waals surface area (Å²) in [5, 5.41) is 6.55. The third kappa shape index (κ3) is 3.34. The molecule has 2 N–H and O–H groups in total. The van der Waals surface area contributed by atoms with E-state index < -0.39 is 29.4 Å². The van der Waals surface area contributed by atoms with Gasteiger partial charge in [0.05, 0.1) is 6.04 Å². The molecular weight excluding hydrogens is 406 g/mol. The fraction of sp³-hybridized carbons (Fsp3) is 0.320. The number of rotatable bonds is 5. The second kappa shape index (κ2) is 7.51. The Morgan fingerprint density at radius 2 is 1.94 bits per heavy atom. The molecule has 1 aliphatic heterocycles. The first-order chi connectivity index (χ1) is 15.3. The number of urea groups is 1. The van der Waals surface area contributed by atoms with Gasteiger partial charge in [0.2, 0.25) is 5.91 Å². The molecule has 32 heavy (non-hydrogen) atoms. The minimum atomic E-state index is -1.18. The van der Waals surface area contributed by atoms with E-state index in [1.54, 1.807) is 13.8 Å². The van der Waals surface area contributed by atoms with Crippen molar-refractivity contribution in [3.63, 3.8) is 0 Å². The average Bonchev–Trinajstić information content (AvgIpc) is 3.47. The number of carbonyl (C=O) groups excluding carboxylic acids is 3. The van der Waals surface area contributed by atoms with E-state index in [4.69, 9.17) is 4.42 Å². The van der Waals surface area contributed by atoms with E-state index in [1.165, 1.54) is 11.1 Å². The first-order valence-corrected chi connectivity index (χ1v) is 10.9. The van der Waals surface area contributed by atoms with Crippen LogP contribution in [0, 0.1) is 0 Å². The number of aryl methyl sites for hydroxylation is 2. The molecule has 0 saturated carbocycles. The third-order valence-electron chi connectivity index (χ3n) is 6.50. The van der Waals surface area contributed by atoms with Crippen molar-refractivity contribution in [2.24, 2.45) is 0 Å². The predicted octanol–water partition coefficient (Wildman–Crippen LogP) is 3.57. The maximum atomic E-state index is 13.2. The number of fused-ring (bicyclic) bond motifs is 2. The Labute approximate surface area is 185 Å². The van der Waals surface area contributed by atoms with Gasteiger partial charge in [0.1, 0.15) is 23.4 Å². The molecule has 2 atom stereocenters. The summed E-state index contributed by atoms with van der Waals surface area (Å²) in [6.07, 6.45) is 3.13. The first-order valence-electron chi connectivity index (χ1n) is 10.9. The highest BCUT2D eigenvalue weighted by Gasteiger charge is 2.49. The topological polar surface area (TPSA) is 91.7 Å². The molecule has 0 unspecified atom stereocenters. The average molecular weight is 431 g/mol. The molecule has 1 aliphatic carbocycles. The Morgan fingerprint density at radius 1 is 1.16 bits per heavy atom. The quantitative estimate of drug-likeness (QED) is 0.604. The summed E-state index contributed by atoms with van der Waals surface area (Å²) < 4.78 is 5.80. The summed E-state index contributed by atoms with van der Waals surface area (Å²) in [6, 6.07) is 14.4. The maximum absolute atomic E-state index is 13.2. The van der Waals surface area contributed by atoms with Crippen LogP contribution in [0.3, 0.4) is 0 Å². The molecule has 2 heterocycles. The largest absolute Gasteiger partial charge is 0.459 e. The number of hydrogen-bond donors (Lipinski definition) is 2. The maximum Gasteiger partial charge on any atom is 0.325 e. The molecule has 0 radical (unpaired) electrons. The van der Waals surface area contributed by atoms with Crippen LogP contribution in [0.15, 0.2) is 52.9 Å². The van der Waals surface area contributed by atoms with Gasteiger partial charge in [0, 0.05) is 5.39 Å². The number of benzene rings is 2. The number of para-hydroxylation sites is 1. The zero-order chi connectivity index (χ0) is 22.5. The highest BCUT2D eigenvalue weighted by Crippen LogP contribution is 2.32. The van der Waals surface area contributed by atoms with Gasteiger partial charge in [-0.2, -0.15) is 0 Å². The molecular formula is C25H25N3O4.